The van der Waals surface area contributed by atoms with Gasteiger partial charge < -0.3 is 0 Å². The molecule has 0 unspecified atom stereocenters. The standard InChI is InChI=1S/C12H14Br2O/c1-2-9-7-10(12(15)5-6-13)3-4-11(9)8-14/h3-4,7H,2,5-6,8H2,1H3. The van der Waals surface area contributed by atoms with Crippen molar-refractivity contribution >= 4 is 37.6 Å². The highest BCUT2D eigenvalue weighted by atomic mass is 79.9. The van der Waals surface area contributed by atoms with Crippen LogP contribution in [0.25, 0.3) is 0 Å². The van der Waals surface area contributed by atoms with Crippen LogP contribution in [0.3, 0.4) is 0 Å². The number of carbonyl (C=O) groups is 1. The van der Waals surface area contributed by atoms with Crippen molar-refractivity contribution < 1.29 is 4.79 Å². The lowest BCUT2D eigenvalue weighted by Gasteiger charge is -2.07. The highest BCUT2D eigenvalue weighted by Crippen LogP contribution is 2.17. The third-order valence-corrected chi connectivity index (χ3v) is 3.38. The van der Waals surface area contributed by atoms with E-state index in [2.05, 4.69) is 38.8 Å². The predicted molar refractivity (Wildman–Crippen MR) is 71.2 cm³/mol. The van der Waals surface area contributed by atoms with Gasteiger partial charge in [0.1, 0.15) is 0 Å². The maximum Gasteiger partial charge on any atom is 0.163 e. The number of hydrogen-bond donors (Lipinski definition) is 0. The number of carbonyl (C=O) groups excluding carboxylic acids is 1. The van der Waals surface area contributed by atoms with Gasteiger partial charge in [0, 0.05) is 22.6 Å². The molecule has 1 rings (SSSR count). The third kappa shape index (κ3) is 3.42. The fraction of sp³-hybridized carbons (Fsp3) is 0.417. The molecule has 0 aliphatic heterocycles. The van der Waals surface area contributed by atoms with E-state index in [0.717, 1.165) is 22.6 Å². The van der Waals surface area contributed by atoms with Crippen LogP contribution in [0.2, 0.25) is 0 Å². The molecule has 0 N–H and O–H groups in total. The van der Waals surface area contributed by atoms with Gasteiger partial charge in [0.15, 0.2) is 5.78 Å². The van der Waals surface area contributed by atoms with Crippen molar-refractivity contribution in [3.05, 3.63) is 34.9 Å². The van der Waals surface area contributed by atoms with Gasteiger partial charge in [-0.3, -0.25) is 4.79 Å². The molecule has 0 spiro atoms. The maximum absolute atomic E-state index is 11.7. The Morgan fingerprint density at radius 1 is 1.27 bits per heavy atom. The van der Waals surface area contributed by atoms with E-state index in [1.54, 1.807) is 0 Å². The summed E-state index contributed by atoms with van der Waals surface area (Å²) in [4.78, 5) is 11.7. The molecular weight excluding hydrogens is 320 g/mol. The van der Waals surface area contributed by atoms with Gasteiger partial charge >= 0.3 is 0 Å². The number of aryl methyl sites for hydroxylation is 1. The SMILES string of the molecule is CCc1cc(C(=O)CCBr)ccc1CBr. The van der Waals surface area contributed by atoms with Gasteiger partial charge in [-0.05, 0) is 23.6 Å². The molecular formula is C12H14Br2O. The number of alkyl halides is 2. The van der Waals surface area contributed by atoms with E-state index >= 15 is 0 Å². The summed E-state index contributed by atoms with van der Waals surface area (Å²) in [6.07, 6.45) is 1.53. The third-order valence-electron chi connectivity index (χ3n) is 2.37. The Balaban J connectivity index is 2.97. The summed E-state index contributed by atoms with van der Waals surface area (Å²) in [6.45, 7) is 2.11. The normalized spacial score (nSPS) is 10.3. The van der Waals surface area contributed by atoms with Crippen LogP contribution in [0.1, 0.15) is 34.8 Å². The average Bonchev–Trinajstić information content (AvgIpc) is 2.28. The minimum absolute atomic E-state index is 0.211. The molecule has 0 aromatic heterocycles. The van der Waals surface area contributed by atoms with Gasteiger partial charge in [0.05, 0.1) is 0 Å². The summed E-state index contributed by atoms with van der Waals surface area (Å²) < 4.78 is 0. The molecule has 0 aliphatic carbocycles. The zero-order valence-corrected chi connectivity index (χ0v) is 11.9. The van der Waals surface area contributed by atoms with Crippen LogP contribution >= 0.6 is 31.9 Å². The first-order valence-electron chi connectivity index (χ1n) is 4.99. The predicted octanol–water partition coefficient (Wildman–Crippen LogP) is 4.11. The second-order valence-corrected chi connectivity index (χ2v) is 4.69. The smallest absolute Gasteiger partial charge is 0.163 e. The first-order chi connectivity index (χ1) is 7.22. The van der Waals surface area contributed by atoms with Crippen molar-refractivity contribution in [1.82, 2.24) is 0 Å². The quantitative estimate of drug-likeness (QED) is 0.585. The number of hydrogen-bond acceptors (Lipinski definition) is 1. The summed E-state index contributed by atoms with van der Waals surface area (Å²) in [5, 5.41) is 1.58. The Hall–Kier alpha value is -0.150. The van der Waals surface area contributed by atoms with Gasteiger partial charge in [-0.25, -0.2) is 0 Å². The van der Waals surface area contributed by atoms with Crippen LogP contribution in [-0.4, -0.2) is 11.1 Å². The van der Waals surface area contributed by atoms with Gasteiger partial charge in [0.25, 0.3) is 0 Å². The van der Waals surface area contributed by atoms with E-state index in [0.29, 0.717) is 6.42 Å². The zero-order chi connectivity index (χ0) is 11.3. The molecule has 82 valence electrons. The Labute approximate surface area is 108 Å². The van der Waals surface area contributed by atoms with Crippen LogP contribution in [0, 0.1) is 0 Å². The fourth-order valence-corrected chi connectivity index (χ4v) is 2.40. The maximum atomic E-state index is 11.7. The summed E-state index contributed by atoms with van der Waals surface area (Å²) in [5.41, 5.74) is 3.36. The molecule has 0 bridgehead atoms. The van der Waals surface area contributed by atoms with Gasteiger partial charge in [0.2, 0.25) is 0 Å². The van der Waals surface area contributed by atoms with E-state index in [-0.39, 0.29) is 5.78 Å². The molecule has 0 saturated heterocycles. The first-order valence-corrected chi connectivity index (χ1v) is 7.24. The number of rotatable bonds is 5. The molecule has 0 saturated carbocycles. The summed E-state index contributed by atoms with van der Waals surface area (Å²) in [7, 11) is 0. The second-order valence-electron chi connectivity index (χ2n) is 3.33. The molecule has 0 atom stereocenters. The molecule has 1 aromatic carbocycles. The number of benzene rings is 1. The van der Waals surface area contributed by atoms with E-state index in [9.17, 15) is 4.79 Å². The molecule has 3 heteroatoms. The zero-order valence-electron chi connectivity index (χ0n) is 8.72. The second kappa shape index (κ2) is 6.44. The molecule has 1 aromatic rings. The molecule has 15 heavy (non-hydrogen) atoms. The summed E-state index contributed by atoms with van der Waals surface area (Å²) in [5.74, 6) is 0.211. The highest BCUT2D eigenvalue weighted by Gasteiger charge is 2.07. The van der Waals surface area contributed by atoms with Crippen LogP contribution in [-0.2, 0) is 11.8 Å². The lowest BCUT2D eigenvalue weighted by atomic mass is 10.00. The minimum Gasteiger partial charge on any atom is -0.294 e. The largest absolute Gasteiger partial charge is 0.294 e. The molecule has 0 radical (unpaired) electrons. The van der Waals surface area contributed by atoms with Crippen molar-refractivity contribution in [2.75, 3.05) is 5.33 Å². The lowest BCUT2D eigenvalue weighted by Crippen LogP contribution is -2.01. The Bertz CT molecular complexity index is 347. The average molecular weight is 334 g/mol. The van der Waals surface area contributed by atoms with E-state index < -0.39 is 0 Å². The number of Topliss-reactive ketones (excluding diaryl/α,β-unsaturated/α-hetero) is 1. The lowest BCUT2D eigenvalue weighted by molar-refractivity contribution is 0.0990. The van der Waals surface area contributed by atoms with Crippen molar-refractivity contribution in [3.8, 4) is 0 Å². The minimum atomic E-state index is 0.211. The van der Waals surface area contributed by atoms with Gasteiger partial charge in [-0.15, -0.1) is 0 Å². The van der Waals surface area contributed by atoms with E-state index in [4.69, 9.17) is 0 Å². The monoisotopic (exact) mass is 332 g/mol. The summed E-state index contributed by atoms with van der Waals surface area (Å²) >= 11 is 6.73. The van der Waals surface area contributed by atoms with Crippen LogP contribution in [0.15, 0.2) is 18.2 Å². The topological polar surface area (TPSA) is 17.1 Å². The van der Waals surface area contributed by atoms with Crippen LogP contribution in [0.4, 0.5) is 0 Å². The van der Waals surface area contributed by atoms with Crippen LogP contribution < -0.4 is 0 Å². The van der Waals surface area contributed by atoms with Gasteiger partial charge in [-0.2, -0.15) is 0 Å². The van der Waals surface area contributed by atoms with Crippen molar-refractivity contribution in [2.24, 2.45) is 0 Å². The molecule has 0 amide bonds. The molecule has 0 heterocycles. The summed E-state index contributed by atoms with van der Waals surface area (Å²) in [6, 6.07) is 5.97. The molecule has 0 aliphatic rings. The van der Waals surface area contributed by atoms with Gasteiger partial charge in [-0.1, -0.05) is 50.9 Å². The van der Waals surface area contributed by atoms with Crippen LogP contribution in [0.5, 0.6) is 0 Å². The fourth-order valence-electron chi connectivity index (χ4n) is 1.49. The van der Waals surface area contributed by atoms with Crippen molar-refractivity contribution in [1.29, 1.82) is 0 Å². The molecule has 0 fully saturated rings. The Kier molecular flexibility index (Phi) is 5.54. The first kappa shape index (κ1) is 12.9. The molecule has 1 nitrogen and oxygen atoms in total. The van der Waals surface area contributed by atoms with Crippen molar-refractivity contribution in [2.45, 2.75) is 25.1 Å². The number of halogens is 2. The highest BCUT2D eigenvalue weighted by molar-refractivity contribution is 9.09. The Morgan fingerprint density at radius 2 is 2.00 bits per heavy atom. The number of ketones is 1. The van der Waals surface area contributed by atoms with Crippen molar-refractivity contribution in [3.63, 3.8) is 0 Å². The van der Waals surface area contributed by atoms with E-state index in [1.807, 2.05) is 18.2 Å². The van der Waals surface area contributed by atoms with E-state index in [1.165, 1.54) is 11.1 Å². The Morgan fingerprint density at radius 3 is 2.53 bits per heavy atom.